The van der Waals surface area contributed by atoms with Crippen molar-refractivity contribution in [3.63, 3.8) is 0 Å². The van der Waals surface area contributed by atoms with E-state index in [1.54, 1.807) is 0 Å². The summed E-state index contributed by atoms with van der Waals surface area (Å²) in [6.45, 7) is 0. The van der Waals surface area contributed by atoms with Gasteiger partial charge in [0.1, 0.15) is 0 Å². The Morgan fingerprint density at radius 2 is 0.667 bits per heavy atom. The van der Waals surface area contributed by atoms with Gasteiger partial charge < -0.3 is 16.4 Å². The molecule has 0 bridgehead atoms. The molecule has 0 amide bonds. The zero-order valence-corrected chi connectivity index (χ0v) is 7.74. The zero-order valence-electron chi connectivity index (χ0n) is 2.72. The summed E-state index contributed by atoms with van der Waals surface area (Å²) in [7, 11) is 0. The van der Waals surface area contributed by atoms with Crippen molar-refractivity contribution >= 4 is 11.0 Å². The predicted octanol–water partition coefficient (Wildman–Crippen LogP) is -0.742. The Balaban J connectivity index is 0. The molecule has 0 rings (SSSR count). The van der Waals surface area contributed by atoms with Crippen molar-refractivity contribution in [1.82, 2.24) is 0 Å². The number of rotatable bonds is 0. The Labute approximate surface area is 74.8 Å². The molecule has 0 fully saturated rings. The van der Waals surface area contributed by atoms with Crippen molar-refractivity contribution < 1.29 is 64.3 Å². The molecule has 0 aromatic heterocycles. The van der Waals surface area contributed by atoms with Gasteiger partial charge in [0.25, 0.3) is 0 Å². The second-order valence-electron chi connectivity index (χ2n) is 0. The normalized spacial score (nSPS) is 0. The van der Waals surface area contributed by atoms with Crippen LogP contribution >= 0.6 is 0 Å². The van der Waals surface area contributed by atoms with Crippen LogP contribution in [0.15, 0.2) is 0 Å². The second-order valence-corrected chi connectivity index (χ2v) is 0. The van der Waals surface area contributed by atoms with Crippen molar-refractivity contribution in [3.8, 4) is 0 Å². The molecule has 0 unspecified atom stereocenters. The van der Waals surface area contributed by atoms with Crippen molar-refractivity contribution in [2.24, 2.45) is 0 Å². The molecule has 0 radical (unpaired) electrons. The van der Waals surface area contributed by atoms with E-state index in [1.165, 1.54) is 0 Å². The Kier molecular flexibility index (Phi) is 1510. The van der Waals surface area contributed by atoms with Crippen molar-refractivity contribution in [2.45, 2.75) is 0 Å². The maximum absolute atomic E-state index is 0. The first kappa shape index (κ1) is 120. The van der Waals surface area contributed by atoms with E-state index < -0.39 is 0 Å². The fourth-order valence-corrected chi connectivity index (χ4v) is 0. The van der Waals surface area contributed by atoms with Gasteiger partial charge in [-0.05, 0) is 0 Å². The van der Waals surface area contributed by atoms with Crippen molar-refractivity contribution in [2.75, 3.05) is 0 Å². The van der Waals surface area contributed by atoms with Gasteiger partial charge in [0.2, 0.25) is 0 Å². The summed E-state index contributed by atoms with van der Waals surface area (Å²) in [6.07, 6.45) is 0. The van der Waals surface area contributed by atoms with Gasteiger partial charge in [0.05, 0.1) is 0 Å². The molecule has 0 aliphatic rings. The Bertz CT molecular complexity index is 10.8. The summed E-state index contributed by atoms with van der Waals surface area (Å²) in [5.41, 5.74) is 0. The fourth-order valence-electron chi connectivity index (χ4n) is 0. The molecule has 0 aromatic carbocycles. The smallest absolute Gasteiger partial charge is 2.00 e. The summed E-state index contributed by atoms with van der Waals surface area (Å²) in [4.78, 5) is 0. The summed E-state index contributed by atoms with van der Waals surface area (Å²) < 4.78 is 0. The van der Waals surface area contributed by atoms with E-state index in [0.717, 1.165) is 0 Å². The van der Waals surface area contributed by atoms with Gasteiger partial charge in [0, 0.05) is 0 Å². The fraction of sp³-hybridized carbons (Fsp3) is 0. The third-order valence-corrected chi connectivity index (χ3v) is 0. The molecule has 0 N–H and O–H groups in total. The Morgan fingerprint density at radius 1 is 0.667 bits per heavy atom. The Hall–Kier alpha value is 1.69. The average molecular weight is 215 g/mol. The van der Waals surface area contributed by atoms with Crippen molar-refractivity contribution in [3.05, 3.63) is 0 Å². The van der Waals surface area contributed by atoms with Crippen LogP contribution in [0.2, 0.25) is 0 Å². The van der Waals surface area contributed by atoms with Crippen LogP contribution in [-0.4, -0.2) is 11.0 Å². The zero-order chi connectivity index (χ0) is 0. The molecule has 0 atom stereocenters. The maximum atomic E-state index is 0. The van der Waals surface area contributed by atoms with Crippen molar-refractivity contribution in [1.29, 1.82) is 0 Å². The summed E-state index contributed by atoms with van der Waals surface area (Å²) in [6, 6.07) is 0. The topological polar surface area (TPSA) is 85.5 Å². The van der Waals surface area contributed by atoms with E-state index in [2.05, 4.69) is 0 Å². The SMILES string of the molecule is [O-2].[O-2].[O-2].[Si+4].[Ti+4].[Zr+4]. The molecule has 6 heavy (non-hydrogen) atoms. The van der Waals surface area contributed by atoms with E-state index in [4.69, 9.17) is 0 Å². The predicted molar refractivity (Wildman–Crippen MR) is 7.81 cm³/mol. The second kappa shape index (κ2) is 75.6. The minimum atomic E-state index is 0. The van der Waals surface area contributed by atoms with E-state index in [9.17, 15) is 0 Å². The maximum Gasteiger partial charge on any atom is 4.00 e. The molecule has 0 saturated carbocycles. The van der Waals surface area contributed by atoms with Gasteiger partial charge >= 0.3 is 58.9 Å². The van der Waals surface area contributed by atoms with Crippen LogP contribution in [0.3, 0.4) is 0 Å². The van der Waals surface area contributed by atoms with E-state index in [0.29, 0.717) is 0 Å². The molecular weight excluding hydrogens is 215 g/mol. The van der Waals surface area contributed by atoms with Gasteiger partial charge in [-0.15, -0.1) is 0 Å². The molecule has 3 nitrogen and oxygen atoms in total. The summed E-state index contributed by atoms with van der Waals surface area (Å²) in [5, 5.41) is 0. The first-order valence-electron chi connectivity index (χ1n) is 0. The van der Waals surface area contributed by atoms with Gasteiger partial charge in [0.15, 0.2) is 0 Å². The quantitative estimate of drug-likeness (QED) is 0.476. The molecule has 0 spiro atoms. The number of hydrogen-bond donors (Lipinski definition) is 0. The molecular formula is O3SiTiZr+6. The van der Waals surface area contributed by atoms with Crippen LogP contribution < -0.4 is 0 Å². The molecule has 0 aromatic rings. The summed E-state index contributed by atoms with van der Waals surface area (Å²) >= 11 is 0. The number of hydrogen-bond acceptors (Lipinski definition) is 0. The first-order chi connectivity index (χ1) is 0. The Morgan fingerprint density at radius 3 is 0.667 bits per heavy atom. The first-order valence-corrected chi connectivity index (χ1v) is 0. The third-order valence-electron chi connectivity index (χ3n) is 0. The monoisotopic (exact) mass is 214 g/mol. The largest absolute Gasteiger partial charge is 4.00 e. The average Bonchev–Trinajstić information content (AvgIpc) is 0. The van der Waals surface area contributed by atoms with Crippen LogP contribution in [-0.2, 0) is 64.3 Å². The van der Waals surface area contributed by atoms with Crippen LogP contribution in [0.1, 0.15) is 0 Å². The molecule has 6 heteroatoms. The minimum Gasteiger partial charge on any atom is -2.00 e. The van der Waals surface area contributed by atoms with Gasteiger partial charge in [-0.1, -0.05) is 0 Å². The third kappa shape index (κ3) is 43.7. The minimum absolute atomic E-state index is 0. The van der Waals surface area contributed by atoms with E-state index in [1.807, 2.05) is 0 Å². The van der Waals surface area contributed by atoms with E-state index in [-0.39, 0.29) is 75.3 Å². The molecule has 0 saturated heterocycles. The van der Waals surface area contributed by atoms with Gasteiger partial charge in [-0.2, -0.15) is 0 Å². The van der Waals surface area contributed by atoms with Crippen LogP contribution in [0.5, 0.6) is 0 Å². The van der Waals surface area contributed by atoms with E-state index >= 15 is 0 Å². The van der Waals surface area contributed by atoms with Crippen LogP contribution in [0.4, 0.5) is 0 Å². The van der Waals surface area contributed by atoms with Gasteiger partial charge in [-0.25, -0.2) is 0 Å². The standard InChI is InChI=1S/3O.Si.Ti.Zr/q3*-2;3*+4. The molecule has 0 aliphatic carbocycles. The van der Waals surface area contributed by atoms with Crippen LogP contribution in [0, 0.1) is 0 Å². The summed E-state index contributed by atoms with van der Waals surface area (Å²) in [5.74, 6) is 0. The molecule has 0 heterocycles. The van der Waals surface area contributed by atoms with Crippen LogP contribution in [0.25, 0.3) is 0 Å². The molecule has 0 aliphatic heterocycles. The molecule has 24 valence electrons. The van der Waals surface area contributed by atoms with Gasteiger partial charge in [-0.3, -0.25) is 0 Å².